The number of ether oxygens (including phenoxy) is 1. The van der Waals surface area contributed by atoms with Crippen LogP contribution in [-0.4, -0.2) is 13.1 Å². The van der Waals surface area contributed by atoms with E-state index in [-0.39, 0.29) is 0 Å². The zero-order valence-corrected chi connectivity index (χ0v) is 7.98. The molecule has 0 aliphatic heterocycles. The summed E-state index contributed by atoms with van der Waals surface area (Å²) in [7, 11) is 1.30. The molecule has 0 spiro atoms. The summed E-state index contributed by atoms with van der Waals surface area (Å²) in [5.41, 5.74) is 5.55. The first-order valence-electron chi connectivity index (χ1n) is 3.23. The van der Waals surface area contributed by atoms with E-state index in [1.807, 2.05) is 0 Å². The topological polar surface area (TPSA) is 52.3 Å². The molecule has 1 aromatic heterocycles. The second-order valence-electron chi connectivity index (χ2n) is 2.13. The molecule has 1 heterocycles. The molecule has 1 rings (SSSR count). The predicted molar refractivity (Wildman–Crippen MR) is 48.3 cm³/mol. The van der Waals surface area contributed by atoms with Gasteiger partial charge in [-0.05, 0) is 11.4 Å². The lowest BCUT2D eigenvalue weighted by Gasteiger charge is -2.06. The first kappa shape index (κ1) is 9.51. The standard InChI is InChI=1S/C7H8ClNO2S/c1-11-7(10)5(9)6-4(8)2-3-12-6/h2-3,5H,9H2,1H3/t5-/m0/s1. The van der Waals surface area contributed by atoms with Crippen molar-refractivity contribution in [3.8, 4) is 0 Å². The third-order valence-corrected chi connectivity index (χ3v) is 2.82. The molecule has 2 N–H and O–H groups in total. The Bertz CT molecular complexity index is 287. The van der Waals surface area contributed by atoms with E-state index in [0.717, 1.165) is 0 Å². The first-order valence-corrected chi connectivity index (χ1v) is 4.49. The maximum atomic E-state index is 11.0. The van der Waals surface area contributed by atoms with Crippen LogP contribution in [0.25, 0.3) is 0 Å². The van der Waals surface area contributed by atoms with Gasteiger partial charge in [-0.1, -0.05) is 11.6 Å². The summed E-state index contributed by atoms with van der Waals surface area (Å²) in [4.78, 5) is 11.6. The Morgan fingerprint density at radius 3 is 2.92 bits per heavy atom. The number of hydrogen-bond acceptors (Lipinski definition) is 4. The van der Waals surface area contributed by atoms with Gasteiger partial charge in [0.1, 0.15) is 6.04 Å². The Kier molecular flexibility index (Phi) is 3.08. The monoisotopic (exact) mass is 205 g/mol. The third-order valence-electron chi connectivity index (χ3n) is 1.38. The van der Waals surface area contributed by atoms with Crippen LogP contribution >= 0.6 is 22.9 Å². The summed E-state index contributed by atoms with van der Waals surface area (Å²) in [6, 6.07) is 0.937. The van der Waals surface area contributed by atoms with E-state index >= 15 is 0 Å². The highest BCUT2D eigenvalue weighted by atomic mass is 35.5. The molecule has 0 aliphatic carbocycles. The van der Waals surface area contributed by atoms with E-state index in [2.05, 4.69) is 4.74 Å². The van der Waals surface area contributed by atoms with Crippen LogP contribution in [0.2, 0.25) is 5.02 Å². The molecule has 0 fully saturated rings. The van der Waals surface area contributed by atoms with Gasteiger partial charge in [-0.15, -0.1) is 11.3 Å². The smallest absolute Gasteiger partial charge is 0.328 e. The van der Waals surface area contributed by atoms with Gasteiger partial charge in [0.05, 0.1) is 17.0 Å². The second-order valence-corrected chi connectivity index (χ2v) is 3.49. The molecule has 5 heteroatoms. The minimum Gasteiger partial charge on any atom is -0.468 e. The Morgan fingerprint density at radius 1 is 1.83 bits per heavy atom. The lowest BCUT2D eigenvalue weighted by atomic mass is 10.2. The fourth-order valence-electron chi connectivity index (χ4n) is 0.761. The van der Waals surface area contributed by atoms with Crippen LogP contribution in [0, 0.1) is 0 Å². The number of methoxy groups -OCH3 is 1. The van der Waals surface area contributed by atoms with Gasteiger partial charge in [-0.2, -0.15) is 0 Å². The van der Waals surface area contributed by atoms with E-state index < -0.39 is 12.0 Å². The van der Waals surface area contributed by atoms with Gasteiger partial charge in [0.25, 0.3) is 0 Å². The quantitative estimate of drug-likeness (QED) is 0.746. The maximum Gasteiger partial charge on any atom is 0.328 e. The number of rotatable bonds is 2. The van der Waals surface area contributed by atoms with E-state index in [9.17, 15) is 4.79 Å². The van der Waals surface area contributed by atoms with Crippen LogP contribution in [0.4, 0.5) is 0 Å². The first-order chi connectivity index (χ1) is 5.66. The zero-order chi connectivity index (χ0) is 9.14. The molecule has 0 aliphatic rings. The SMILES string of the molecule is COC(=O)[C@@H](N)c1sccc1Cl. The highest BCUT2D eigenvalue weighted by Gasteiger charge is 2.19. The molecule has 66 valence electrons. The van der Waals surface area contributed by atoms with Gasteiger partial charge >= 0.3 is 5.97 Å². The summed E-state index contributed by atoms with van der Waals surface area (Å²) in [6.07, 6.45) is 0. The van der Waals surface area contributed by atoms with Gasteiger partial charge in [0.15, 0.2) is 0 Å². The normalized spacial score (nSPS) is 12.6. The second kappa shape index (κ2) is 3.89. The number of carbonyl (C=O) groups excluding carboxylic acids is 1. The largest absolute Gasteiger partial charge is 0.468 e. The molecule has 0 aromatic carbocycles. The third kappa shape index (κ3) is 1.77. The van der Waals surface area contributed by atoms with E-state index in [4.69, 9.17) is 17.3 Å². The Balaban J connectivity index is 2.84. The van der Waals surface area contributed by atoms with Gasteiger partial charge in [-0.3, -0.25) is 0 Å². The molecule has 0 radical (unpaired) electrons. The minimum atomic E-state index is -0.762. The molecular weight excluding hydrogens is 198 g/mol. The Morgan fingerprint density at radius 2 is 2.50 bits per heavy atom. The number of halogens is 1. The molecule has 0 unspecified atom stereocenters. The van der Waals surface area contributed by atoms with Crippen molar-refractivity contribution in [1.29, 1.82) is 0 Å². The Hall–Kier alpha value is -0.580. The van der Waals surface area contributed by atoms with Crippen LogP contribution in [0.15, 0.2) is 11.4 Å². The molecule has 0 saturated heterocycles. The fraction of sp³-hybridized carbons (Fsp3) is 0.286. The number of hydrogen-bond donors (Lipinski definition) is 1. The van der Waals surface area contributed by atoms with E-state index in [0.29, 0.717) is 9.90 Å². The molecule has 12 heavy (non-hydrogen) atoms. The van der Waals surface area contributed by atoms with Crippen LogP contribution in [0.5, 0.6) is 0 Å². The lowest BCUT2D eigenvalue weighted by molar-refractivity contribution is -0.142. The van der Waals surface area contributed by atoms with Crippen molar-refractivity contribution in [3.05, 3.63) is 21.3 Å². The van der Waals surface area contributed by atoms with Crippen molar-refractivity contribution in [2.24, 2.45) is 5.73 Å². The number of thiophene rings is 1. The number of esters is 1. The predicted octanol–water partition coefficient (Wildman–Crippen LogP) is 1.57. The van der Waals surface area contributed by atoms with Crippen molar-refractivity contribution in [2.75, 3.05) is 7.11 Å². The molecular formula is C7H8ClNO2S. The summed E-state index contributed by atoms with van der Waals surface area (Å²) in [5.74, 6) is -0.473. The van der Waals surface area contributed by atoms with Crippen molar-refractivity contribution in [3.63, 3.8) is 0 Å². The lowest BCUT2D eigenvalue weighted by Crippen LogP contribution is -2.21. The molecule has 3 nitrogen and oxygen atoms in total. The van der Waals surface area contributed by atoms with E-state index in [1.54, 1.807) is 11.4 Å². The maximum absolute atomic E-state index is 11.0. The highest BCUT2D eigenvalue weighted by molar-refractivity contribution is 7.10. The molecule has 0 bridgehead atoms. The highest BCUT2D eigenvalue weighted by Crippen LogP contribution is 2.27. The van der Waals surface area contributed by atoms with Gasteiger partial charge in [0, 0.05) is 0 Å². The summed E-state index contributed by atoms with van der Waals surface area (Å²) in [6.45, 7) is 0. The van der Waals surface area contributed by atoms with Gasteiger partial charge in [0.2, 0.25) is 0 Å². The average molecular weight is 206 g/mol. The van der Waals surface area contributed by atoms with Crippen molar-refractivity contribution in [2.45, 2.75) is 6.04 Å². The number of carbonyl (C=O) groups is 1. The van der Waals surface area contributed by atoms with Crippen molar-refractivity contribution >= 4 is 28.9 Å². The van der Waals surface area contributed by atoms with Gasteiger partial charge < -0.3 is 10.5 Å². The van der Waals surface area contributed by atoms with Gasteiger partial charge in [-0.25, -0.2) is 4.79 Å². The fourth-order valence-corrected chi connectivity index (χ4v) is 1.92. The molecule has 0 amide bonds. The summed E-state index contributed by atoms with van der Waals surface area (Å²) >= 11 is 7.10. The minimum absolute atomic E-state index is 0.473. The van der Waals surface area contributed by atoms with Crippen LogP contribution in [0.1, 0.15) is 10.9 Å². The molecule has 1 atom stereocenters. The van der Waals surface area contributed by atoms with E-state index in [1.165, 1.54) is 18.4 Å². The molecule has 1 aromatic rings. The average Bonchev–Trinajstić information content (AvgIpc) is 2.48. The van der Waals surface area contributed by atoms with Crippen LogP contribution in [-0.2, 0) is 9.53 Å². The summed E-state index contributed by atoms with van der Waals surface area (Å²) in [5, 5.41) is 2.29. The van der Waals surface area contributed by atoms with Crippen molar-refractivity contribution in [1.82, 2.24) is 0 Å². The van der Waals surface area contributed by atoms with Crippen LogP contribution < -0.4 is 5.73 Å². The van der Waals surface area contributed by atoms with Crippen LogP contribution in [0.3, 0.4) is 0 Å². The zero-order valence-electron chi connectivity index (χ0n) is 6.41. The van der Waals surface area contributed by atoms with Crippen molar-refractivity contribution < 1.29 is 9.53 Å². The Labute approximate surface area is 79.1 Å². The number of nitrogens with two attached hydrogens (primary N) is 1. The molecule has 0 saturated carbocycles. The summed E-state index contributed by atoms with van der Waals surface area (Å²) < 4.78 is 4.47.